The standard InChI is InChI=1S/C16H23N3S/c1-11(2)17-10-15-13(4)18-16(20-15)19(5)14-9-7-6-8-12(14)3/h6-9,11,17H,10H2,1-5H3. The lowest BCUT2D eigenvalue weighted by atomic mass is 10.2. The van der Waals surface area contributed by atoms with Gasteiger partial charge >= 0.3 is 0 Å². The number of hydrogen-bond acceptors (Lipinski definition) is 4. The van der Waals surface area contributed by atoms with Crippen molar-refractivity contribution in [2.24, 2.45) is 0 Å². The number of hydrogen-bond donors (Lipinski definition) is 1. The highest BCUT2D eigenvalue weighted by Crippen LogP contribution is 2.31. The maximum Gasteiger partial charge on any atom is 0.190 e. The van der Waals surface area contributed by atoms with Crippen LogP contribution in [0.4, 0.5) is 10.8 Å². The molecular formula is C16H23N3S. The summed E-state index contributed by atoms with van der Waals surface area (Å²) in [5.74, 6) is 0. The van der Waals surface area contributed by atoms with E-state index >= 15 is 0 Å². The van der Waals surface area contributed by atoms with Crippen LogP contribution < -0.4 is 10.2 Å². The molecule has 20 heavy (non-hydrogen) atoms. The van der Waals surface area contributed by atoms with Crippen molar-refractivity contribution in [1.82, 2.24) is 10.3 Å². The zero-order chi connectivity index (χ0) is 14.7. The molecule has 0 unspecified atom stereocenters. The maximum absolute atomic E-state index is 4.71. The highest BCUT2D eigenvalue weighted by Gasteiger charge is 2.13. The Hall–Kier alpha value is -1.39. The van der Waals surface area contributed by atoms with Crippen molar-refractivity contribution in [3.63, 3.8) is 0 Å². The molecule has 0 atom stereocenters. The monoisotopic (exact) mass is 289 g/mol. The first-order valence-corrected chi connectivity index (χ1v) is 7.79. The van der Waals surface area contributed by atoms with Gasteiger partial charge in [-0.05, 0) is 25.5 Å². The molecular weight excluding hydrogens is 266 g/mol. The molecule has 0 aliphatic heterocycles. The Labute approximate surface area is 125 Å². The summed E-state index contributed by atoms with van der Waals surface area (Å²) in [7, 11) is 2.08. The van der Waals surface area contributed by atoms with Crippen molar-refractivity contribution in [3.05, 3.63) is 40.4 Å². The van der Waals surface area contributed by atoms with Gasteiger partial charge in [-0.25, -0.2) is 4.98 Å². The molecule has 3 nitrogen and oxygen atoms in total. The summed E-state index contributed by atoms with van der Waals surface area (Å²) in [5, 5.41) is 4.51. The third-order valence-electron chi connectivity index (χ3n) is 3.32. The number of anilines is 2. The van der Waals surface area contributed by atoms with Crippen molar-refractivity contribution in [3.8, 4) is 0 Å². The molecule has 0 aliphatic carbocycles. The second-order valence-corrected chi connectivity index (χ2v) is 6.45. The summed E-state index contributed by atoms with van der Waals surface area (Å²) in [6.45, 7) is 9.44. The lowest BCUT2D eigenvalue weighted by molar-refractivity contribution is 0.591. The van der Waals surface area contributed by atoms with Gasteiger partial charge in [0.25, 0.3) is 0 Å². The van der Waals surface area contributed by atoms with E-state index < -0.39 is 0 Å². The Morgan fingerprint density at radius 2 is 1.95 bits per heavy atom. The lowest BCUT2D eigenvalue weighted by Gasteiger charge is -2.18. The molecule has 0 amide bonds. The average Bonchev–Trinajstić information content (AvgIpc) is 2.77. The van der Waals surface area contributed by atoms with E-state index in [1.165, 1.54) is 16.1 Å². The number of aryl methyl sites for hydroxylation is 2. The quantitative estimate of drug-likeness (QED) is 0.901. The van der Waals surface area contributed by atoms with Crippen LogP contribution in [0.25, 0.3) is 0 Å². The summed E-state index contributed by atoms with van der Waals surface area (Å²) in [4.78, 5) is 8.20. The highest BCUT2D eigenvalue weighted by molar-refractivity contribution is 7.15. The normalized spacial score (nSPS) is 11.1. The molecule has 1 heterocycles. The van der Waals surface area contributed by atoms with Crippen LogP contribution in [0.1, 0.15) is 30.0 Å². The molecule has 108 valence electrons. The summed E-state index contributed by atoms with van der Waals surface area (Å²) in [5.41, 5.74) is 3.60. The van der Waals surface area contributed by atoms with E-state index in [0.717, 1.165) is 17.4 Å². The highest BCUT2D eigenvalue weighted by atomic mass is 32.1. The molecule has 0 bridgehead atoms. The fraction of sp³-hybridized carbons (Fsp3) is 0.438. The predicted molar refractivity (Wildman–Crippen MR) is 88.1 cm³/mol. The van der Waals surface area contributed by atoms with Gasteiger partial charge < -0.3 is 10.2 Å². The zero-order valence-electron chi connectivity index (χ0n) is 12.9. The smallest absolute Gasteiger partial charge is 0.190 e. The van der Waals surface area contributed by atoms with Gasteiger partial charge in [-0.15, -0.1) is 0 Å². The van der Waals surface area contributed by atoms with E-state index in [2.05, 4.69) is 69.2 Å². The van der Waals surface area contributed by atoms with Crippen LogP contribution in [-0.2, 0) is 6.54 Å². The van der Waals surface area contributed by atoms with Crippen molar-refractivity contribution in [2.45, 2.75) is 40.3 Å². The van der Waals surface area contributed by atoms with Gasteiger partial charge in [0.2, 0.25) is 0 Å². The fourth-order valence-corrected chi connectivity index (χ4v) is 3.05. The molecule has 1 N–H and O–H groups in total. The van der Waals surface area contributed by atoms with Gasteiger partial charge in [0.1, 0.15) is 0 Å². The fourth-order valence-electron chi connectivity index (χ4n) is 2.06. The number of nitrogens with zero attached hydrogens (tertiary/aromatic N) is 2. The van der Waals surface area contributed by atoms with E-state index in [1.54, 1.807) is 11.3 Å². The van der Waals surface area contributed by atoms with E-state index in [9.17, 15) is 0 Å². The molecule has 2 rings (SSSR count). The predicted octanol–water partition coefficient (Wildman–Crippen LogP) is 4.03. The molecule has 0 aliphatic rings. The largest absolute Gasteiger partial charge is 0.321 e. The topological polar surface area (TPSA) is 28.2 Å². The van der Waals surface area contributed by atoms with Crippen LogP contribution in [0, 0.1) is 13.8 Å². The first-order chi connectivity index (χ1) is 9.49. The number of para-hydroxylation sites is 1. The summed E-state index contributed by atoms with van der Waals surface area (Å²) < 4.78 is 0. The lowest BCUT2D eigenvalue weighted by Crippen LogP contribution is -2.21. The SMILES string of the molecule is Cc1ccccc1N(C)c1nc(C)c(CNC(C)C)s1. The van der Waals surface area contributed by atoms with Crippen LogP contribution in [0.3, 0.4) is 0 Å². The van der Waals surface area contributed by atoms with Crippen LogP contribution in [0.15, 0.2) is 24.3 Å². The second-order valence-electron chi connectivity index (χ2n) is 5.39. The third-order valence-corrected chi connectivity index (χ3v) is 4.55. The van der Waals surface area contributed by atoms with Gasteiger partial charge in [-0.2, -0.15) is 0 Å². The minimum atomic E-state index is 0.494. The average molecular weight is 289 g/mol. The van der Waals surface area contributed by atoms with E-state index in [0.29, 0.717) is 6.04 Å². The first kappa shape index (κ1) is 15.0. The minimum Gasteiger partial charge on any atom is -0.321 e. The van der Waals surface area contributed by atoms with E-state index in [-0.39, 0.29) is 0 Å². The van der Waals surface area contributed by atoms with Gasteiger partial charge in [-0.3, -0.25) is 0 Å². The number of thiazole rings is 1. The maximum atomic E-state index is 4.71. The number of benzene rings is 1. The third kappa shape index (κ3) is 3.38. The van der Waals surface area contributed by atoms with E-state index in [1.807, 2.05) is 0 Å². The molecule has 0 fully saturated rings. The van der Waals surface area contributed by atoms with Crippen molar-refractivity contribution in [1.29, 1.82) is 0 Å². The Morgan fingerprint density at radius 1 is 1.25 bits per heavy atom. The number of aromatic nitrogens is 1. The minimum absolute atomic E-state index is 0.494. The Balaban J connectivity index is 2.21. The molecule has 2 aromatic rings. The van der Waals surface area contributed by atoms with Gasteiger partial charge in [0, 0.05) is 30.2 Å². The summed E-state index contributed by atoms with van der Waals surface area (Å²) >= 11 is 1.77. The van der Waals surface area contributed by atoms with Crippen molar-refractivity contribution in [2.75, 3.05) is 11.9 Å². The van der Waals surface area contributed by atoms with Gasteiger partial charge in [-0.1, -0.05) is 43.4 Å². The molecule has 1 aromatic carbocycles. The zero-order valence-corrected chi connectivity index (χ0v) is 13.7. The van der Waals surface area contributed by atoms with E-state index in [4.69, 9.17) is 4.98 Å². The first-order valence-electron chi connectivity index (χ1n) is 6.98. The van der Waals surface area contributed by atoms with Crippen LogP contribution in [0.5, 0.6) is 0 Å². The Morgan fingerprint density at radius 3 is 2.60 bits per heavy atom. The molecule has 0 saturated heterocycles. The molecule has 1 aromatic heterocycles. The van der Waals surface area contributed by atoms with Crippen molar-refractivity contribution < 1.29 is 0 Å². The van der Waals surface area contributed by atoms with Crippen molar-refractivity contribution >= 4 is 22.2 Å². The number of nitrogens with one attached hydrogen (secondary N) is 1. The Kier molecular flexibility index (Phi) is 4.78. The van der Waals surface area contributed by atoms with Gasteiger partial charge in [0.15, 0.2) is 5.13 Å². The van der Waals surface area contributed by atoms with Crippen LogP contribution >= 0.6 is 11.3 Å². The molecule has 4 heteroatoms. The van der Waals surface area contributed by atoms with Gasteiger partial charge in [0.05, 0.1) is 5.69 Å². The molecule has 0 spiro atoms. The Bertz CT molecular complexity index is 575. The van der Waals surface area contributed by atoms with Crippen LogP contribution in [0.2, 0.25) is 0 Å². The number of rotatable bonds is 5. The molecule has 0 saturated carbocycles. The summed E-state index contributed by atoms with van der Waals surface area (Å²) in [6.07, 6.45) is 0. The van der Waals surface area contributed by atoms with Crippen LogP contribution in [-0.4, -0.2) is 18.1 Å². The molecule has 0 radical (unpaired) electrons. The summed E-state index contributed by atoms with van der Waals surface area (Å²) in [6, 6.07) is 8.90. The second kappa shape index (κ2) is 6.37.